The summed E-state index contributed by atoms with van der Waals surface area (Å²) in [4.78, 5) is 22.2. The number of ether oxygens (including phenoxy) is 1. The first-order chi connectivity index (χ1) is 8.34. The lowest BCUT2D eigenvalue weighted by Gasteiger charge is -2.25. The van der Waals surface area contributed by atoms with Crippen molar-refractivity contribution in [3.05, 3.63) is 28.8 Å². The Morgan fingerprint density at radius 1 is 1.44 bits per heavy atom. The van der Waals surface area contributed by atoms with Crippen LogP contribution in [0.4, 0.5) is 0 Å². The van der Waals surface area contributed by atoms with Crippen LogP contribution in [-0.4, -0.2) is 27.8 Å². The molecule has 0 aliphatic carbocycles. The highest BCUT2D eigenvalue weighted by Gasteiger charge is 2.51. The summed E-state index contributed by atoms with van der Waals surface area (Å²) in [6, 6.07) is 4.69. The zero-order chi connectivity index (χ0) is 13.5. The second kappa shape index (κ2) is 4.17. The van der Waals surface area contributed by atoms with Gasteiger partial charge in [-0.2, -0.15) is 0 Å². The van der Waals surface area contributed by atoms with E-state index in [0.717, 1.165) is 0 Å². The Kier molecular flexibility index (Phi) is 2.94. The molecule has 2 rings (SSSR count). The Morgan fingerprint density at radius 2 is 2.11 bits per heavy atom. The van der Waals surface area contributed by atoms with Crippen molar-refractivity contribution < 1.29 is 24.5 Å². The van der Waals surface area contributed by atoms with E-state index in [4.69, 9.17) is 21.4 Å². The topological polar surface area (TPSA) is 83.8 Å². The van der Waals surface area contributed by atoms with Gasteiger partial charge in [0.2, 0.25) is 5.60 Å². The van der Waals surface area contributed by atoms with E-state index in [0.29, 0.717) is 16.3 Å². The molecule has 1 heterocycles. The number of halogens is 1. The molecule has 1 aromatic carbocycles. The molecule has 18 heavy (non-hydrogen) atoms. The molecule has 1 aliphatic rings. The fourth-order valence-electron chi connectivity index (χ4n) is 2.15. The van der Waals surface area contributed by atoms with E-state index >= 15 is 0 Å². The Bertz CT molecular complexity index is 527. The zero-order valence-electron chi connectivity index (χ0n) is 9.51. The Balaban J connectivity index is 2.51. The minimum atomic E-state index is -1.58. The van der Waals surface area contributed by atoms with Gasteiger partial charge in [0.1, 0.15) is 5.75 Å². The van der Waals surface area contributed by atoms with Crippen molar-refractivity contribution in [3.63, 3.8) is 0 Å². The number of fused-ring (bicyclic) bond motifs is 1. The predicted molar refractivity (Wildman–Crippen MR) is 63.1 cm³/mol. The first-order valence-corrected chi connectivity index (χ1v) is 5.66. The van der Waals surface area contributed by atoms with Gasteiger partial charge in [-0.05, 0) is 25.1 Å². The van der Waals surface area contributed by atoms with Crippen LogP contribution in [0.5, 0.6) is 5.75 Å². The van der Waals surface area contributed by atoms with Gasteiger partial charge in [-0.3, -0.25) is 4.79 Å². The Hall–Kier alpha value is -1.75. The van der Waals surface area contributed by atoms with Crippen LogP contribution in [-0.2, 0) is 9.59 Å². The molecule has 0 fully saturated rings. The van der Waals surface area contributed by atoms with Gasteiger partial charge in [-0.1, -0.05) is 11.6 Å². The smallest absolute Gasteiger partial charge is 0.348 e. The summed E-state index contributed by atoms with van der Waals surface area (Å²) < 4.78 is 5.40. The molecule has 5 nitrogen and oxygen atoms in total. The van der Waals surface area contributed by atoms with Gasteiger partial charge in [0.25, 0.3) is 0 Å². The van der Waals surface area contributed by atoms with Crippen LogP contribution in [0.1, 0.15) is 24.8 Å². The van der Waals surface area contributed by atoms with Crippen LogP contribution in [0.15, 0.2) is 18.2 Å². The second-order valence-electron chi connectivity index (χ2n) is 4.35. The maximum Gasteiger partial charge on any atom is 0.348 e. The number of rotatable bonds is 3. The largest absolute Gasteiger partial charge is 0.481 e. The summed E-state index contributed by atoms with van der Waals surface area (Å²) in [5.41, 5.74) is -1.06. The van der Waals surface area contributed by atoms with Crippen LogP contribution in [0.25, 0.3) is 0 Å². The number of carbonyl (C=O) groups is 2. The van der Waals surface area contributed by atoms with E-state index in [1.165, 1.54) is 6.92 Å². The molecule has 0 spiro atoms. The Labute approximate surface area is 108 Å². The van der Waals surface area contributed by atoms with Gasteiger partial charge in [0.05, 0.1) is 6.42 Å². The highest BCUT2D eigenvalue weighted by atomic mass is 35.5. The van der Waals surface area contributed by atoms with Gasteiger partial charge in [0.15, 0.2) is 0 Å². The number of benzene rings is 1. The molecule has 96 valence electrons. The number of carboxylic acids is 2. The predicted octanol–water partition coefficient (Wildman–Crippen LogP) is 2.13. The molecule has 0 bridgehead atoms. The Morgan fingerprint density at radius 3 is 2.67 bits per heavy atom. The van der Waals surface area contributed by atoms with E-state index in [9.17, 15) is 14.7 Å². The van der Waals surface area contributed by atoms with Crippen LogP contribution in [0.2, 0.25) is 5.02 Å². The first-order valence-electron chi connectivity index (χ1n) is 5.28. The average Bonchev–Trinajstić information content (AvgIpc) is 2.53. The SMILES string of the molecule is CC1(C(=O)O)Oc2ccc(Cl)cc2C1CC(=O)O. The molecule has 2 N–H and O–H groups in total. The fraction of sp³-hybridized carbons (Fsp3) is 0.333. The van der Waals surface area contributed by atoms with Crippen LogP contribution >= 0.6 is 11.6 Å². The van der Waals surface area contributed by atoms with Gasteiger partial charge < -0.3 is 14.9 Å². The summed E-state index contributed by atoms with van der Waals surface area (Å²) in [5.74, 6) is -2.67. The molecule has 2 atom stereocenters. The summed E-state index contributed by atoms with van der Waals surface area (Å²) in [6.07, 6.45) is -0.323. The number of carboxylic acid groups (broad SMARTS) is 2. The molecule has 0 radical (unpaired) electrons. The normalized spacial score (nSPS) is 25.3. The average molecular weight is 271 g/mol. The van der Waals surface area contributed by atoms with Crippen molar-refractivity contribution in [2.45, 2.75) is 24.9 Å². The summed E-state index contributed by atoms with van der Waals surface area (Å²) in [5, 5.41) is 18.6. The maximum absolute atomic E-state index is 11.3. The highest BCUT2D eigenvalue weighted by molar-refractivity contribution is 6.30. The molecule has 0 amide bonds. The van der Waals surface area contributed by atoms with Gasteiger partial charge in [0, 0.05) is 16.5 Å². The summed E-state index contributed by atoms with van der Waals surface area (Å²) in [6.45, 7) is 1.37. The summed E-state index contributed by atoms with van der Waals surface area (Å²) in [7, 11) is 0. The quantitative estimate of drug-likeness (QED) is 0.879. The molecular weight excluding hydrogens is 260 g/mol. The highest BCUT2D eigenvalue weighted by Crippen LogP contribution is 2.47. The van der Waals surface area contributed by atoms with Gasteiger partial charge in [-0.15, -0.1) is 0 Å². The first kappa shape index (κ1) is 12.7. The molecule has 0 saturated heterocycles. The van der Waals surface area contributed by atoms with E-state index in [1.807, 2.05) is 0 Å². The van der Waals surface area contributed by atoms with Crippen molar-refractivity contribution in [3.8, 4) is 5.75 Å². The second-order valence-corrected chi connectivity index (χ2v) is 4.78. The molecule has 0 aromatic heterocycles. The molecule has 6 heteroatoms. The number of aliphatic carboxylic acids is 2. The maximum atomic E-state index is 11.3. The number of hydrogen-bond acceptors (Lipinski definition) is 3. The lowest BCUT2D eigenvalue weighted by atomic mass is 9.83. The summed E-state index contributed by atoms with van der Waals surface area (Å²) >= 11 is 5.85. The number of hydrogen-bond donors (Lipinski definition) is 2. The van der Waals surface area contributed by atoms with Crippen molar-refractivity contribution >= 4 is 23.5 Å². The molecule has 1 aromatic rings. The third kappa shape index (κ3) is 1.90. The van der Waals surface area contributed by atoms with Crippen molar-refractivity contribution in [1.82, 2.24) is 0 Å². The van der Waals surface area contributed by atoms with Gasteiger partial charge >= 0.3 is 11.9 Å². The molecule has 0 saturated carbocycles. The van der Waals surface area contributed by atoms with Crippen molar-refractivity contribution in [1.29, 1.82) is 0 Å². The monoisotopic (exact) mass is 270 g/mol. The lowest BCUT2D eigenvalue weighted by molar-refractivity contribution is -0.155. The third-order valence-corrected chi connectivity index (χ3v) is 3.37. The van der Waals surface area contributed by atoms with Crippen LogP contribution < -0.4 is 4.74 Å². The van der Waals surface area contributed by atoms with Crippen molar-refractivity contribution in [2.75, 3.05) is 0 Å². The minimum absolute atomic E-state index is 0.323. The van der Waals surface area contributed by atoms with E-state index in [1.54, 1.807) is 18.2 Å². The third-order valence-electron chi connectivity index (χ3n) is 3.14. The standard InChI is InChI=1S/C12H11ClO5/c1-12(11(16)17)8(5-10(14)15)7-4-6(13)2-3-9(7)18-12/h2-4,8H,5H2,1H3,(H,14,15)(H,16,17). The van der Waals surface area contributed by atoms with Crippen LogP contribution in [0.3, 0.4) is 0 Å². The van der Waals surface area contributed by atoms with Crippen LogP contribution in [0, 0.1) is 0 Å². The molecule has 1 aliphatic heterocycles. The van der Waals surface area contributed by atoms with E-state index < -0.39 is 23.5 Å². The van der Waals surface area contributed by atoms with Crippen molar-refractivity contribution in [2.24, 2.45) is 0 Å². The van der Waals surface area contributed by atoms with E-state index in [-0.39, 0.29) is 6.42 Å². The lowest BCUT2D eigenvalue weighted by Crippen LogP contribution is -2.43. The van der Waals surface area contributed by atoms with E-state index in [2.05, 4.69) is 0 Å². The fourth-order valence-corrected chi connectivity index (χ4v) is 2.33. The molecule has 2 unspecified atom stereocenters. The van der Waals surface area contributed by atoms with Gasteiger partial charge in [-0.25, -0.2) is 4.79 Å². The zero-order valence-corrected chi connectivity index (χ0v) is 10.3. The molecular formula is C12H11ClO5. The minimum Gasteiger partial charge on any atom is -0.481 e.